The molecule has 1 aromatic carbocycles. The maximum atomic E-state index is 5.54. The van der Waals surface area contributed by atoms with E-state index in [2.05, 4.69) is 36.1 Å². The fraction of sp³-hybridized carbons (Fsp3) is 0.417. The molecule has 0 saturated carbocycles. The number of hydrogen-bond acceptors (Lipinski definition) is 2. The van der Waals surface area contributed by atoms with Crippen molar-refractivity contribution in [2.45, 2.75) is 25.8 Å². The minimum absolute atomic E-state index is 0.566. The number of anilines is 1. The fourth-order valence-electron chi connectivity index (χ4n) is 2.20. The summed E-state index contributed by atoms with van der Waals surface area (Å²) < 4.78 is 0. The number of nitrogens with zero attached hydrogens (tertiary/aromatic N) is 1. The van der Waals surface area contributed by atoms with Crippen LogP contribution in [0.15, 0.2) is 24.3 Å². The summed E-state index contributed by atoms with van der Waals surface area (Å²) >= 11 is 4.92. The van der Waals surface area contributed by atoms with E-state index in [0.29, 0.717) is 11.0 Å². The normalized spacial score (nSPS) is 19.0. The van der Waals surface area contributed by atoms with Gasteiger partial charge in [-0.1, -0.05) is 30.4 Å². The predicted octanol–water partition coefficient (Wildman–Crippen LogP) is 2.11. The van der Waals surface area contributed by atoms with Crippen LogP contribution in [0.5, 0.6) is 0 Å². The molecule has 0 amide bonds. The van der Waals surface area contributed by atoms with Crippen molar-refractivity contribution in [3.63, 3.8) is 0 Å². The Morgan fingerprint density at radius 3 is 3.00 bits per heavy atom. The van der Waals surface area contributed by atoms with Crippen LogP contribution in [0, 0.1) is 0 Å². The topological polar surface area (TPSA) is 29.3 Å². The third kappa shape index (κ3) is 2.12. The lowest BCUT2D eigenvalue weighted by atomic mass is 10.1. The largest absolute Gasteiger partial charge is 0.393 e. The van der Waals surface area contributed by atoms with Gasteiger partial charge in [-0.15, -0.1) is 0 Å². The second-order valence-electron chi connectivity index (χ2n) is 4.09. The van der Waals surface area contributed by atoms with Crippen molar-refractivity contribution in [2.24, 2.45) is 5.73 Å². The van der Waals surface area contributed by atoms with Crippen molar-refractivity contribution < 1.29 is 0 Å². The Balaban J connectivity index is 2.15. The molecule has 15 heavy (non-hydrogen) atoms. The summed E-state index contributed by atoms with van der Waals surface area (Å²) in [5.74, 6) is 0. The van der Waals surface area contributed by atoms with Crippen LogP contribution in [-0.2, 0) is 6.42 Å². The molecular weight excluding hydrogens is 204 g/mol. The van der Waals surface area contributed by atoms with Crippen molar-refractivity contribution >= 4 is 22.9 Å². The Kier molecular flexibility index (Phi) is 2.91. The van der Waals surface area contributed by atoms with Gasteiger partial charge in [-0.25, -0.2) is 0 Å². The summed E-state index contributed by atoms with van der Waals surface area (Å²) in [6.07, 6.45) is 1.93. The molecule has 1 heterocycles. The molecule has 2 N–H and O–H groups in total. The lowest BCUT2D eigenvalue weighted by molar-refractivity contribution is 0.680. The van der Waals surface area contributed by atoms with Gasteiger partial charge in [0, 0.05) is 24.7 Å². The summed E-state index contributed by atoms with van der Waals surface area (Å²) in [5.41, 5.74) is 8.33. The first-order chi connectivity index (χ1) is 7.18. The molecule has 2 rings (SSSR count). The number of fused-ring (bicyclic) bond motifs is 1. The highest BCUT2D eigenvalue weighted by Crippen LogP contribution is 2.31. The van der Waals surface area contributed by atoms with Crippen LogP contribution in [0.4, 0.5) is 5.69 Å². The van der Waals surface area contributed by atoms with Crippen LogP contribution in [0.2, 0.25) is 0 Å². The number of benzene rings is 1. The second-order valence-corrected chi connectivity index (χ2v) is 4.62. The van der Waals surface area contributed by atoms with E-state index in [1.807, 2.05) is 0 Å². The van der Waals surface area contributed by atoms with Gasteiger partial charge >= 0.3 is 0 Å². The third-order valence-electron chi connectivity index (χ3n) is 2.95. The molecule has 0 aliphatic carbocycles. The molecule has 3 heteroatoms. The van der Waals surface area contributed by atoms with E-state index >= 15 is 0 Å². The molecule has 0 bridgehead atoms. The van der Waals surface area contributed by atoms with Crippen molar-refractivity contribution in [3.8, 4) is 0 Å². The summed E-state index contributed by atoms with van der Waals surface area (Å²) in [6, 6.07) is 9.13. The summed E-state index contributed by atoms with van der Waals surface area (Å²) in [6.45, 7) is 3.19. The standard InChI is InChI=1S/C12H16N2S/c1-9-8-10-4-2-3-5-11(10)14(9)7-6-12(13)15/h2-5,9H,6-8H2,1H3,(H2,13,15). The van der Waals surface area contributed by atoms with Gasteiger partial charge in [-0.05, 0) is 25.0 Å². The van der Waals surface area contributed by atoms with Gasteiger partial charge in [0.25, 0.3) is 0 Å². The number of rotatable bonds is 3. The highest BCUT2D eigenvalue weighted by molar-refractivity contribution is 7.80. The zero-order valence-electron chi connectivity index (χ0n) is 8.94. The van der Waals surface area contributed by atoms with Crippen LogP contribution in [0.3, 0.4) is 0 Å². The number of para-hydroxylation sites is 1. The molecule has 1 aliphatic rings. The van der Waals surface area contributed by atoms with Crippen LogP contribution < -0.4 is 10.6 Å². The van der Waals surface area contributed by atoms with E-state index < -0.39 is 0 Å². The molecule has 0 aromatic heterocycles. The molecule has 1 aliphatic heterocycles. The van der Waals surface area contributed by atoms with E-state index in [1.165, 1.54) is 11.3 Å². The van der Waals surface area contributed by atoms with Gasteiger partial charge in [0.2, 0.25) is 0 Å². The van der Waals surface area contributed by atoms with E-state index in [1.54, 1.807) is 0 Å². The number of nitrogens with two attached hydrogens (primary N) is 1. The second kappa shape index (κ2) is 4.19. The minimum atomic E-state index is 0.566. The zero-order chi connectivity index (χ0) is 10.8. The van der Waals surface area contributed by atoms with E-state index in [4.69, 9.17) is 18.0 Å². The van der Waals surface area contributed by atoms with Gasteiger partial charge in [-0.3, -0.25) is 0 Å². The molecule has 0 fully saturated rings. The Morgan fingerprint density at radius 1 is 1.53 bits per heavy atom. The first-order valence-electron chi connectivity index (χ1n) is 5.31. The quantitative estimate of drug-likeness (QED) is 0.791. The molecule has 80 valence electrons. The molecule has 1 atom stereocenters. The first-order valence-corrected chi connectivity index (χ1v) is 5.72. The SMILES string of the molecule is CC1Cc2ccccc2N1CCC(N)=S. The lowest BCUT2D eigenvalue weighted by Gasteiger charge is -2.24. The molecule has 1 aromatic rings. The molecular formula is C12H16N2S. The average molecular weight is 220 g/mol. The van der Waals surface area contributed by atoms with Crippen molar-refractivity contribution in [2.75, 3.05) is 11.4 Å². The van der Waals surface area contributed by atoms with Crippen LogP contribution >= 0.6 is 12.2 Å². The highest BCUT2D eigenvalue weighted by atomic mass is 32.1. The molecule has 1 unspecified atom stereocenters. The van der Waals surface area contributed by atoms with E-state index in [9.17, 15) is 0 Å². The predicted molar refractivity (Wildman–Crippen MR) is 68.4 cm³/mol. The Bertz CT molecular complexity index is 376. The molecule has 0 radical (unpaired) electrons. The van der Waals surface area contributed by atoms with Crippen LogP contribution in [0.1, 0.15) is 18.9 Å². The van der Waals surface area contributed by atoms with Crippen molar-refractivity contribution in [3.05, 3.63) is 29.8 Å². The minimum Gasteiger partial charge on any atom is -0.393 e. The Hall–Kier alpha value is -1.09. The van der Waals surface area contributed by atoms with Crippen LogP contribution in [0.25, 0.3) is 0 Å². The van der Waals surface area contributed by atoms with E-state index in [-0.39, 0.29) is 0 Å². The van der Waals surface area contributed by atoms with Crippen molar-refractivity contribution in [1.29, 1.82) is 0 Å². The summed E-state index contributed by atoms with van der Waals surface area (Å²) in [5, 5.41) is 0. The maximum absolute atomic E-state index is 5.54. The Labute approximate surface area is 96.1 Å². The highest BCUT2D eigenvalue weighted by Gasteiger charge is 2.24. The van der Waals surface area contributed by atoms with Gasteiger partial charge < -0.3 is 10.6 Å². The summed E-state index contributed by atoms with van der Waals surface area (Å²) in [7, 11) is 0. The maximum Gasteiger partial charge on any atom is 0.0745 e. The van der Waals surface area contributed by atoms with Gasteiger partial charge in [0.05, 0.1) is 4.99 Å². The van der Waals surface area contributed by atoms with Crippen molar-refractivity contribution in [1.82, 2.24) is 0 Å². The smallest absolute Gasteiger partial charge is 0.0745 e. The monoisotopic (exact) mass is 220 g/mol. The number of thiocarbonyl (C=S) groups is 1. The van der Waals surface area contributed by atoms with Gasteiger partial charge in [0.1, 0.15) is 0 Å². The number of hydrogen-bond donors (Lipinski definition) is 1. The fourth-order valence-corrected chi connectivity index (χ4v) is 2.29. The lowest BCUT2D eigenvalue weighted by Crippen LogP contribution is -2.32. The molecule has 0 spiro atoms. The van der Waals surface area contributed by atoms with E-state index in [0.717, 1.165) is 19.4 Å². The zero-order valence-corrected chi connectivity index (χ0v) is 9.76. The van der Waals surface area contributed by atoms with Crippen LogP contribution in [-0.4, -0.2) is 17.6 Å². The first kappa shape index (κ1) is 10.4. The third-order valence-corrected chi connectivity index (χ3v) is 3.15. The summed E-state index contributed by atoms with van der Waals surface area (Å²) in [4.78, 5) is 3.00. The Morgan fingerprint density at radius 2 is 2.27 bits per heavy atom. The molecule has 0 saturated heterocycles. The van der Waals surface area contributed by atoms with Gasteiger partial charge in [-0.2, -0.15) is 0 Å². The average Bonchev–Trinajstić information content (AvgIpc) is 2.50. The molecule has 2 nitrogen and oxygen atoms in total. The van der Waals surface area contributed by atoms with Gasteiger partial charge in [0.15, 0.2) is 0 Å².